The van der Waals surface area contributed by atoms with Crippen LogP contribution in [-0.2, 0) is 5.41 Å². The zero-order valence-electron chi connectivity index (χ0n) is 13.5. The smallest absolute Gasteiger partial charge is 0.271 e. The lowest BCUT2D eigenvalue weighted by Crippen LogP contribution is -2.35. The third kappa shape index (κ3) is 2.17. The van der Waals surface area contributed by atoms with Gasteiger partial charge in [0.2, 0.25) is 5.89 Å². The van der Waals surface area contributed by atoms with Crippen LogP contribution in [0.1, 0.15) is 61.2 Å². The van der Waals surface area contributed by atoms with Crippen LogP contribution in [0.3, 0.4) is 0 Å². The highest BCUT2D eigenvalue weighted by molar-refractivity contribution is 5.92. The average molecular weight is 315 g/mol. The Labute approximate surface area is 134 Å². The fourth-order valence-electron chi connectivity index (χ4n) is 4.01. The second kappa shape index (κ2) is 5.18. The maximum Gasteiger partial charge on any atom is 0.271 e. The monoisotopic (exact) mass is 315 g/mol. The second-order valence-corrected chi connectivity index (χ2v) is 7.01. The van der Waals surface area contributed by atoms with E-state index in [9.17, 15) is 4.79 Å². The molecule has 1 aliphatic heterocycles. The van der Waals surface area contributed by atoms with E-state index < -0.39 is 0 Å². The number of fused-ring (bicyclic) bond motifs is 1. The van der Waals surface area contributed by atoms with Gasteiger partial charge >= 0.3 is 0 Å². The van der Waals surface area contributed by atoms with Crippen LogP contribution >= 0.6 is 0 Å². The van der Waals surface area contributed by atoms with Crippen molar-refractivity contribution in [2.24, 2.45) is 5.92 Å². The number of nitrogens with one attached hydrogen (secondary N) is 1. The summed E-state index contributed by atoms with van der Waals surface area (Å²) in [6.07, 6.45) is 6.37. The molecule has 0 aromatic carbocycles. The van der Waals surface area contributed by atoms with Crippen molar-refractivity contribution in [1.82, 2.24) is 25.0 Å². The zero-order valence-corrected chi connectivity index (χ0v) is 13.5. The minimum atomic E-state index is -0.171. The van der Waals surface area contributed by atoms with Crippen LogP contribution in [-0.4, -0.2) is 44.0 Å². The highest BCUT2D eigenvalue weighted by Gasteiger charge is 2.55. The molecule has 2 aliphatic rings. The molecular formula is C16H21N5O2. The summed E-state index contributed by atoms with van der Waals surface area (Å²) >= 11 is 0. The summed E-state index contributed by atoms with van der Waals surface area (Å²) in [5, 5.41) is 4.13. The van der Waals surface area contributed by atoms with Crippen molar-refractivity contribution >= 4 is 5.91 Å². The number of amides is 1. The van der Waals surface area contributed by atoms with Crippen LogP contribution in [0.25, 0.3) is 0 Å². The minimum absolute atomic E-state index is 0.000117. The third-order valence-corrected chi connectivity index (χ3v) is 5.27. The molecular weight excluding hydrogens is 294 g/mol. The van der Waals surface area contributed by atoms with Gasteiger partial charge in [-0.3, -0.25) is 4.79 Å². The van der Waals surface area contributed by atoms with E-state index in [0.717, 1.165) is 31.6 Å². The molecule has 7 heteroatoms. The quantitative estimate of drug-likeness (QED) is 0.937. The van der Waals surface area contributed by atoms with Crippen molar-refractivity contribution < 1.29 is 9.32 Å². The van der Waals surface area contributed by atoms with E-state index in [1.54, 1.807) is 6.20 Å². The van der Waals surface area contributed by atoms with Gasteiger partial charge < -0.3 is 14.4 Å². The molecule has 23 heavy (non-hydrogen) atoms. The first kappa shape index (κ1) is 14.4. The summed E-state index contributed by atoms with van der Waals surface area (Å²) < 4.78 is 5.61. The van der Waals surface area contributed by atoms with Gasteiger partial charge in [-0.1, -0.05) is 25.4 Å². The van der Waals surface area contributed by atoms with Gasteiger partial charge in [0.25, 0.3) is 5.91 Å². The van der Waals surface area contributed by atoms with Crippen molar-refractivity contribution in [2.75, 3.05) is 13.1 Å². The van der Waals surface area contributed by atoms with E-state index >= 15 is 0 Å². The third-order valence-electron chi connectivity index (χ3n) is 5.27. The van der Waals surface area contributed by atoms with Crippen molar-refractivity contribution in [3.05, 3.63) is 29.9 Å². The standard InChI is InChI=1S/C16H21N5O2/c1-10(2)13-19-15(23-20-13)16-5-3-4-11(16)7-21(8-16)14(22)12-6-17-9-18-12/h6,9-11H,3-5,7-8H2,1-2H3,(H,17,18)/t11-,16-/m0/s1. The molecule has 4 rings (SSSR count). The Kier molecular flexibility index (Phi) is 3.25. The molecule has 0 spiro atoms. The molecule has 2 atom stereocenters. The van der Waals surface area contributed by atoms with E-state index in [-0.39, 0.29) is 17.2 Å². The maximum absolute atomic E-state index is 12.6. The second-order valence-electron chi connectivity index (χ2n) is 7.01. The van der Waals surface area contributed by atoms with Crippen LogP contribution in [0.5, 0.6) is 0 Å². The summed E-state index contributed by atoms with van der Waals surface area (Å²) in [4.78, 5) is 26.0. The van der Waals surface area contributed by atoms with Gasteiger partial charge in [0.05, 0.1) is 17.9 Å². The first-order chi connectivity index (χ1) is 11.1. The first-order valence-electron chi connectivity index (χ1n) is 8.22. The van der Waals surface area contributed by atoms with Gasteiger partial charge in [0.15, 0.2) is 5.82 Å². The summed E-state index contributed by atoms with van der Waals surface area (Å²) in [5.74, 6) is 2.10. The number of nitrogens with zero attached hydrogens (tertiary/aromatic N) is 4. The van der Waals surface area contributed by atoms with Gasteiger partial charge in [0.1, 0.15) is 5.69 Å². The molecule has 122 valence electrons. The van der Waals surface area contributed by atoms with Gasteiger partial charge in [-0.2, -0.15) is 4.98 Å². The van der Waals surface area contributed by atoms with Crippen LogP contribution in [0.4, 0.5) is 0 Å². The molecule has 1 N–H and O–H groups in total. The molecule has 0 unspecified atom stereocenters. The molecule has 1 amide bonds. The fraction of sp³-hybridized carbons (Fsp3) is 0.625. The largest absolute Gasteiger partial charge is 0.341 e. The van der Waals surface area contributed by atoms with Crippen molar-refractivity contribution in [1.29, 1.82) is 0 Å². The number of hydrogen-bond acceptors (Lipinski definition) is 5. The predicted octanol–water partition coefficient (Wildman–Crippen LogP) is 2.11. The molecule has 2 fully saturated rings. The summed E-state index contributed by atoms with van der Waals surface area (Å²) in [6.45, 7) is 5.51. The van der Waals surface area contributed by atoms with E-state index in [2.05, 4.69) is 34.0 Å². The number of aromatic nitrogens is 4. The normalized spacial score (nSPS) is 26.9. The van der Waals surface area contributed by atoms with Crippen LogP contribution in [0.15, 0.2) is 17.0 Å². The predicted molar refractivity (Wildman–Crippen MR) is 81.9 cm³/mol. The Morgan fingerprint density at radius 3 is 3.09 bits per heavy atom. The lowest BCUT2D eigenvalue weighted by molar-refractivity contribution is 0.0770. The number of carbonyl (C=O) groups is 1. The fourth-order valence-corrected chi connectivity index (χ4v) is 4.01. The minimum Gasteiger partial charge on any atom is -0.341 e. The Hall–Kier alpha value is -2.18. The number of H-pyrrole nitrogens is 1. The lowest BCUT2D eigenvalue weighted by atomic mass is 9.80. The van der Waals surface area contributed by atoms with Crippen LogP contribution < -0.4 is 0 Å². The number of rotatable bonds is 3. The molecule has 3 heterocycles. The number of carbonyl (C=O) groups excluding carboxylic acids is 1. The van der Waals surface area contributed by atoms with Crippen LogP contribution in [0, 0.1) is 5.92 Å². The van der Waals surface area contributed by atoms with E-state index in [0.29, 0.717) is 24.0 Å². The molecule has 0 radical (unpaired) electrons. The highest BCUT2D eigenvalue weighted by Crippen LogP contribution is 2.50. The van der Waals surface area contributed by atoms with E-state index in [1.165, 1.54) is 6.33 Å². The molecule has 2 aromatic rings. The lowest BCUT2D eigenvalue weighted by Gasteiger charge is -2.24. The number of aromatic amines is 1. The Bertz CT molecular complexity index is 708. The summed E-state index contributed by atoms with van der Waals surface area (Å²) in [5.41, 5.74) is 0.365. The summed E-state index contributed by atoms with van der Waals surface area (Å²) in [6, 6.07) is 0. The van der Waals surface area contributed by atoms with Gasteiger partial charge in [0, 0.05) is 19.0 Å². The summed E-state index contributed by atoms with van der Waals surface area (Å²) in [7, 11) is 0. The zero-order chi connectivity index (χ0) is 16.0. The molecule has 7 nitrogen and oxygen atoms in total. The van der Waals surface area contributed by atoms with Gasteiger partial charge in [-0.05, 0) is 18.8 Å². The van der Waals surface area contributed by atoms with Crippen molar-refractivity contribution in [3.8, 4) is 0 Å². The molecule has 0 bridgehead atoms. The van der Waals surface area contributed by atoms with Crippen molar-refractivity contribution in [2.45, 2.75) is 44.4 Å². The Morgan fingerprint density at radius 1 is 1.52 bits per heavy atom. The van der Waals surface area contributed by atoms with Gasteiger partial charge in [-0.15, -0.1) is 0 Å². The SMILES string of the molecule is CC(C)c1noc([C@]23CCC[C@H]2CN(C(=O)c2cnc[nH]2)C3)n1. The number of likely N-dealkylation sites (tertiary alicyclic amines) is 1. The molecule has 1 saturated heterocycles. The first-order valence-corrected chi connectivity index (χ1v) is 8.22. The molecule has 2 aromatic heterocycles. The molecule has 1 aliphatic carbocycles. The Morgan fingerprint density at radius 2 is 2.39 bits per heavy atom. The highest BCUT2D eigenvalue weighted by atomic mass is 16.5. The average Bonchev–Trinajstić information content (AvgIpc) is 3.27. The van der Waals surface area contributed by atoms with E-state index in [1.807, 2.05) is 4.90 Å². The maximum atomic E-state index is 12.6. The topological polar surface area (TPSA) is 87.9 Å². The Balaban J connectivity index is 1.63. The number of imidazole rings is 1. The van der Waals surface area contributed by atoms with Crippen LogP contribution in [0.2, 0.25) is 0 Å². The van der Waals surface area contributed by atoms with Gasteiger partial charge in [-0.25, -0.2) is 4.98 Å². The van der Waals surface area contributed by atoms with E-state index in [4.69, 9.17) is 4.52 Å². The number of hydrogen-bond donors (Lipinski definition) is 1. The molecule has 1 saturated carbocycles. The van der Waals surface area contributed by atoms with Crippen molar-refractivity contribution in [3.63, 3.8) is 0 Å².